The molecule has 1 amide bonds. The summed E-state index contributed by atoms with van der Waals surface area (Å²) in [7, 11) is 0. The summed E-state index contributed by atoms with van der Waals surface area (Å²) in [6, 6.07) is 23.5. The topological polar surface area (TPSA) is 59.8 Å². The molecule has 4 rings (SSSR count). The van der Waals surface area contributed by atoms with Gasteiger partial charge in [-0.15, -0.1) is 0 Å². The van der Waals surface area contributed by atoms with Crippen molar-refractivity contribution in [2.24, 2.45) is 0 Å². The molecule has 0 radical (unpaired) electrons. The van der Waals surface area contributed by atoms with Crippen LogP contribution in [0.4, 0.5) is 0 Å². The van der Waals surface area contributed by atoms with Gasteiger partial charge in [-0.3, -0.25) is 9.78 Å². The molecule has 0 aliphatic carbocycles. The van der Waals surface area contributed by atoms with Gasteiger partial charge in [0.15, 0.2) is 0 Å². The molecule has 0 atom stereocenters. The number of aromatic nitrogens is 3. The van der Waals surface area contributed by atoms with Gasteiger partial charge >= 0.3 is 0 Å². The number of hydrogen-bond acceptors (Lipinski definition) is 3. The van der Waals surface area contributed by atoms with Crippen molar-refractivity contribution in [3.63, 3.8) is 0 Å². The minimum absolute atomic E-state index is 0.190. The molecule has 29 heavy (non-hydrogen) atoms. The first-order valence-corrected chi connectivity index (χ1v) is 9.53. The second-order valence-corrected chi connectivity index (χ2v) is 6.99. The first-order valence-electron chi connectivity index (χ1n) is 9.53. The fourth-order valence-electron chi connectivity index (χ4n) is 3.28. The largest absolute Gasteiger partial charge is 0.345 e. The van der Waals surface area contributed by atoms with Gasteiger partial charge in [0, 0.05) is 11.8 Å². The molecule has 2 aromatic carbocycles. The lowest BCUT2D eigenvalue weighted by Crippen LogP contribution is -2.26. The highest BCUT2D eigenvalue weighted by molar-refractivity contribution is 5.94. The molecule has 0 unspecified atom stereocenters. The first kappa shape index (κ1) is 18.6. The van der Waals surface area contributed by atoms with Crippen LogP contribution in [0.3, 0.4) is 0 Å². The molecule has 5 nitrogen and oxygen atoms in total. The van der Waals surface area contributed by atoms with Gasteiger partial charge < -0.3 is 5.32 Å². The molecule has 2 heterocycles. The third-order valence-electron chi connectivity index (χ3n) is 4.75. The van der Waals surface area contributed by atoms with E-state index in [0.29, 0.717) is 12.2 Å². The number of nitrogens with zero attached hydrogens (tertiary/aromatic N) is 3. The van der Waals surface area contributed by atoms with Crippen molar-refractivity contribution < 1.29 is 4.79 Å². The van der Waals surface area contributed by atoms with Crippen LogP contribution >= 0.6 is 0 Å². The molecule has 1 N–H and O–H groups in total. The Labute approximate surface area is 170 Å². The lowest BCUT2D eigenvalue weighted by molar-refractivity contribution is 0.0942. The molecule has 0 spiro atoms. The van der Waals surface area contributed by atoms with Gasteiger partial charge in [-0.05, 0) is 43.7 Å². The molecule has 144 valence electrons. The summed E-state index contributed by atoms with van der Waals surface area (Å²) in [6.45, 7) is 4.44. The molecule has 0 aliphatic heterocycles. The minimum Gasteiger partial charge on any atom is -0.345 e. The van der Waals surface area contributed by atoms with Crippen molar-refractivity contribution in [2.75, 3.05) is 0 Å². The zero-order valence-electron chi connectivity index (χ0n) is 16.5. The number of amides is 1. The van der Waals surface area contributed by atoms with E-state index in [0.717, 1.165) is 28.2 Å². The van der Waals surface area contributed by atoms with E-state index in [-0.39, 0.29) is 5.91 Å². The third-order valence-corrected chi connectivity index (χ3v) is 4.75. The molecule has 0 saturated heterocycles. The number of aryl methyl sites for hydroxylation is 2. The summed E-state index contributed by atoms with van der Waals surface area (Å²) < 4.78 is 1.73. The van der Waals surface area contributed by atoms with Crippen LogP contribution in [0, 0.1) is 13.8 Å². The van der Waals surface area contributed by atoms with Gasteiger partial charge in [-0.1, -0.05) is 54.1 Å². The lowest BCUT2D eigenvalue weighted by Gasteiger charge is -2.11. The predicted octanol–water partition coefficient (Wildman–Crippen LogP) is 4.48. The number of pyridine rings is 1. The van der Waals surface area contributed by atoms with E-state index in [4.69, 9.17) is 5.10 Å². The average molecular weight is 382 g/mol. The van der Waals surface area contributed by atoms with Crippen molar-refractivity contribution in [3.05, 3.63) is 102 Å². The number of nitrogens with one attached hydrogen (secondary N) is 1. The molecule has 2 aromatic heterocycles. The smallest absolute Gasteiger partial charge is 0.270 e. The predicted molar refractivity (Wildman–Crippen MR) is 114 cm³/mol. The highest BCUT2D eigenvalue weighted by atomic mass is 16.2. The van der Waals surface area contributed by atoms with Crippen molar-refractivity contribution in [1.82, 2.24) is 20.1 Å². The normalized spacial score (nSPS) is 10.7. The monoisotopic (exact) mass is 382 g/mol. The standard InChI is InChI=1S/C24H22N4O/c1-17-11-12-22(18(2)14-17)28-23(15-21(27-28)19-8-4-3-5-9-19)24(29)26-16-20-10-6-7-13-25-20/h3-15H,16H2,1-2H3,(H,26,29). The van der Waals surface area contributed by atoms with E-state index in [9.17, 15) is 4.79 Å². The fraction of sp³-hybridized carbons (Fsp3) is 0.125. The van der Waals surface area contributed by atoms with Gasteiger partial charge in [0.25, 0.3) is 5.91 Å². The number of hydrogen-bond donors (Lipinski definition) is 1. The van der Waals surface area contributed by atoms with Crippen molar-refractivity contribution in [1.29, 1.82) is 0 Å². The molecule has 5 heteroatoms. The van der Waals surface area contributed by atoms with Gasteiger partial charge in [-0.2, -0.15) is 5.10 Å². The van der Waals surface area contributed by atoms with Crippen LogP contribution in [0.1, 0.15) is 27.3 Å². The summed E-state index contributed by atoms with van der Waals surface area (Å²) >= 11 is 0. The lowest BCUT2D eigenvalue weighted by atomic mass is 10.1. The van der Waals surface area contributed by atoms with E-state index in [1.807, 2.05) is 73.7 Å². The van der Waals surface area contributed by atoms with Crippen LogP contribution < -0.4 is 5.32 Å². The van der Waals surface area contributed by atoms with Gasteiger partial charge in [-0.25, -0.2) is 4.68 Å². The van der Waals surface area contributed by atoms with Crippen LogP contribution in [0.15, 0.2) is 79.0 Å². The minimum atomic E-state index is -0.190. The zero-order chi connectivity index (χ0) is 20.2. The van der Waals surface area contributed by atoms with Gasteiger partial charge in [0.2, 0.25) is 0 Å². The van der Waals surface area contributed by atoms with Crippen LogP contribution in [0.5, 0.6) is 0 Å². The Morgan fingerprint density at radius 2 is 1.76 bits per heavy atom. The van der Waals surface area contributed by atoms with Crippen LogP contribution in [0.2, 0.25) is 0 Å². The van der Waals surface area contributed by atoms with E-state index in [1.54, 1.807) is 10.9 Å². The first-order chi connectivity index (χ1) is 14.1. The molecule has 0 saturated carbocycles. The van der Waals surface area contributed by atoms with Crippen LogP contribution in [0.25, 0.3) is 16.9 Å². The van der Waals surface area contributed by atoms with Crippen LogP contribution in [-0.4, -0.2) is 20.7 Å². The second-order valence-electron chi connectivity index (χ2n) is 6.99. The van der Waals surface area contributed by atoms with Crippen molar-refractivity contribution >= 4 is 5.91 Å². The maximum atomic E-state index is 13.0. The van der Waals surface area contributed by atoms with Crippen LogP contribution in [-0.2, 0) is 6.54 Å². The van der Waals surface area contributed by atoms with E-state index < -0.39 is 0 Å². The summed E-state index contributed by atoms with van der Waals surface area (Å²) in [5, 5.41) is 7.72. The summed E-state index contributed by atoms with van der Waals surface area (Å²) in [5.74, 6) is -0.190. The fourth-order valence-corrected chi connectivity index (χ4v) is 3.28. The maximum absolute atomic E-state index is 13.0. The van der Waals surface area contributed by atoms with Gasteiger partial charge in [0.05, 0.1) is 23.6 Å². The Hall–Kier alpha value is -3.73. The van der Waals surface area contributed by atoms with Gasteiger partial charge in [0.1, 0.15) is 5.69 Å². The Morgan fingerprint density at radius 3 is 2.48 bits per heavy atom. The summed E-state index contributed by atoms with van der Waals surface area (Å²) in [4.78, 5) is 17.3. The Morgan fingerprint density at radius 1 is 0.966 bits per heavy atom. The number of carbonyl (C=O) groups excluding carboxylic acids is 1. The number of rotatable bonds is 5. The molecule has 4 aromatic rings. The Balaban J connectivity index is 1.72. The number of benzene rings is 2. The molecule has 0 aliphatic rings. The second kappa shape index (κ2) is 8.10. The summed E-state index contributed by atoms with van der Waals surface area (Å²) in [5.41, 5.74) is 6.15. The highest BCUT2D eigenvalue weighted by Crippen LogP contribution is 2.24. The van der Waals surface area contributed by atoms with E-state index in [2.05, 4.69) is 23.3 Å². The van der Waals surface area contributed by atoms with E-state index in [1.165, 1.54) is 5.56 Å². The molecule has 0 bridgehead atoms. The zero-order valence-corrected chi connectivity index (χ0v) is 16.5. The highest BCUT2D eigenvalue weighted by Gasteiger charge is 2.18. The average Bonchev–Trinajstić information content (AvgIpc) is 3.19. The van der Waals surface area contributed by atoms with Crippen molar-refractivity contribution in [2.45, 2.75) is 20.4 Å². The van der Waals surface area contributed by atoms with E-state index >= 15 is 0 Å². The Kier molecular flexibility index (Phi) is 5.20. The summed E-state index contributed by atoms with van der Waals surface area (Å²) in [6.07, 6.45) is 1.72. The molecular formula is C24H22N4O. The Bertz CT molecular complexity index is 1130. The quantitative estimate of drug-likeness (QED) is 0.554. The van der Waals surface area contributed by atoms with Crippen molar-refractivity contribution in [3.8, 4) is 16.9 Å². The SMILES string of the molecule is Cc1ccc(-n2nc(-c3ccccc3)cc2C(=O)NCc2ccccn2)c(C)c1. The molecular weight excluding hydrogens is 360 g/mol. The molecule has 0 fully saturated rings. The number of carbonyl (C=O) groups is 1. The third kappa shape index (κ3) is 4.09. The maximum Gasteiger partial charge on any atom is 0.270 e.